The smallest absolute Gasteiger partial charge is 0.327 e. The predicted octanol–water partition coefficient (Wildman–Crippen LogP) is 0.736. The zero-order valence-corrected chi connectivity index (χ0v) is 8.23. The van der Waals surface area contributed by atoms with Crippen molar-refractivity contribution in [1.82, 2.24) is 9.97 Å². The maximum Gasteiger partial charge on any atom is 0.327 e. The molecule has 5 nitrogen and oxygen atoms in total. The number of methoxy groups -OCH3 is 1. The lowest BCUT2D eigenvalue weighted by atomic mass is 10.1. The van der Waals surface area contributed by atoms with Crippen LogP contribution in [0.1, 0.15) is 11.6 Å². The van der Waals surface area contributed by atoms with Gasteiger partial charge in [0.2, 0.25) is 0 Å². The standard InChI is InChI=1S/C10H11N3O2/c1-15-10(14)9(11)6-2-3-7-8(4-6)13-5-12-7/h2-5,9H,11H2,1H3,(H,12,13). The molecule has 1 atom stereocenters. The van der Waals surface area contributed by atoms with E-state index >= 15 is 0 Å². The molecule has 5 heteroatoms. The number of carbonyl (C=O) groups excluding carboxylic acids is 1. The van der Waals surface area contributed by atoms with Crippen LogP contribution in [0.2, 0.25) is 0 Å². The Morgan fingerprint density at radius 3 is 3.13 bits per heavy atom. The molecule has 1 aromatic heterocycles. The number of aromatic amines is 1. The van der Waals surface area contributed by atoms with E-state index in [2.05, 4.69) is 14.7 Å². The second-order valence-corrected chi connectivity index (χ2v) is 3.18. The van der Waals surface area contributed by atoms with E-state index < -0.39 is 12.0 Å². The summed E-state index contributed by atoms with van der Waals surface area (Å²) in [4.78, 5) is 18.2. The third-order valence-electron chi connectivity index (χ3n) is 2.26. The van der Waals surface area contributed by atoms with Gasteiger partial charge in [-0.05, 0) is 17.7 Å². The summed E-state index contributed by atoms with van der Waals surface area (Å²) in [5, 5.41) is 0. The summed E-state index contributed by atoms with van der Waals surface area (Å²) in [6.45, 7) is 0. The van der Waals surface area contributed by atoms with Crippen LogP contribution in [0, 0.1) is 0 Å². The Hall–Kier alpha value is -1.88. The minimum Gasteiger partial charge on any atom is -0.468 e. The number of imidazole rings is 1. The van der Waals surface area contributed by atoms with Gasteiger partial charge in [-0.1, -0.05) is 6.07 Å². The summed E-state index contributed by atoms with van der Waals surface area (Å²) < 4.78 is 4.57. The van der Waals surface area contributed by atoms with Gasteiger partial charge >= 0.3 is 5.97 Å². The average Bonchev–Trinajstić information content (AvgIpc) is 2.73. The van der Waals surface area contributed by atoms with Crippen molar-refractivity contribution in [2.45, 2.75) is 6.04 Å². The van der Waals surface area contributed by atoms with Crippen LogP contribution in [-0.2, 0) is 9.53 Å². The summed E-state index contributed by atoms with van der Waals surface area (Å²) in [6.07, 6.45) is 1.60. The van der Waals surface area contributed by atoms with Crippen molar-refractivity contribution in [2.75, 3.05) is 7.11 Å². The van der Waals surface area contributed by atoms with Crippen molar-refractivity contribution in [3.63, 3.8) is 0 Å². The van der Waals surface area contributed by atoms with Crippen LogP contribution in [0.4, 0.5) is 0 Å². The first kappa shape index (κ1) is 9.67. The second kappa shape index (κ2) is 3.70. The van der Waals surface area contributed by atoms with Crippen molar-refractivity contribution < 1.29 is 9.53 Å². The van der Waals surface area contributed by atoms with Crippen LogP contribution >= 0.6 is 0 Å². The molecule has 15 heavy (non-hydrogen) atoms. The van der Waals surface area contributed by atoms with E-state index in [1.54, 1.807) is 18.5 Å². The molecule has 0 spiro atoms. The Labute approximate surface area is 86.3 Å². The normalized spacial score (nSPS) is 12.7. The number of nitrogens with zero attached hydrogens (tertiary/aromatic N) is 1. The topological polar surface area (TPSA) is 81.0 Å². The Bertz CT molecular complexity index is 492. The lowest BCUT2D eigenvalue weighted by Gasteiger charge is -2.08. The number of aromatic nitrogens is 2. The highest BCUT2D eigenvalue weighted by Crippen LogP contribution is 2.17. The molecule has 0 bridgehead atoms. The molecule has 0 fully saturated rings. The molecule has 0 aliphatic rings. The highest BCUT2D eigenvalue weighted by atomic mass is 16.5. The third kappa shape index (κ3) is 1.69. The molecule has 1 heterocycles. The van der Waals surface area contributed by atoms with Gasteiger partial charge in [0.1, 0.15) is 6.04 Å². The Morgan fingerprint density at radius 2 is 2.40 bits per heavy atom. The van der Waals surface area contributed by atoms with E-state index in [1.165, 1.54) is 7.11 Å². The van der Waals surface area contributed by atoms with Crippen LogP contribution in [0.5, 0.6) is 0 Å². The molecule has 2 aromatic rings. The van der Waals surface area contributed by atoms with Gasteiger partial charge in [0.25, 0.3) is 0 Å². The highest BCUT2D eigenvalue weighted by Gasteiger charge is 2.16. The lowest BCUT2D eigenvalue weighted by Crippen LogP contribution is -2.22. The first-order valence-corrected chi connectivity index (χ1v) is 4.49. The van der Waals surface area contributed by atoms with Crippen LogP contribution in [0.15, 0.2) is 24.5 Å². The van der Waals surface area contributed by atoms with Crippen molar-refractivity contribution in [3.05, 3.63) is 30.1 Å². The van der Waals surface area contributed by atoms with E-state index in [1.807, 2.05) is 6.07 Å². The van der Waals surface area contributed by atoms with Gasteiger partial charge in [0, 0.05) is 0 Å². The van der Waals surface area contributed by atoms with Gasteiger partial charge in [-0.25, -0.2) is 4.98 Å². The molecule has 0 amide bonds. The zero-order valence-electron chi connectivity index (χ0n) is 8.23. The van der Waals surface area contributed by atoms with Gasteiger partial charge in [0.15, 0.2) is 0 Å². The number of ether oxygens (including phenoxy) is 1. The Balaban J connectivity index is 2.39. The molecule has 0 aliphatic heterocycles. The van der Waals surface area contributed by atoms with Gasteiger partial charge in [-0.2, -0.15) is 0 Å². The lowest BCUT2D eigenvalue weighted by molar-refractivity contribution is -0.142. The van der Waals surface area contributed by atoms with E-state index in [0.29, 0.717) is 5.56 Å². The summed E-state index contributed by atoms with van der Waals surface area (Å²) in [5.74, 6) is -0.450. The number of nitrogens with one attached hydrogen (secondary N) is 1. The van der Waals surface area contributed by atoms with E-state index in [-0.39, 0.29) is 0 Å². The van der Waals surface area contributed by atoms with Crippen molar-refractivity contribution in [1.29, 1.82) is 0 Å². The third-order valence-corrected chi connectivity index (χ3v) is 2.26. The van der Waals surface area contributed by atoms with Crippen LogP contribution in [0.3, 0.4) is 0 Å². The number of hydrogen-bond acceptors (Lipinski definition) is 4. The fourth-order valence-corrected chi connectivity index (χ4v) is 1.41. The quantitative estimate of drug-likeness (QED) is 0.708. The molecule has 0 aliphatic carbocycles. The molecule has 0 radical (unpaired) electrons. The minimum absolute atomic E-state index is 0.450. The van der Waals surface area contributed by atoms with Gasteiger partial charge in [-0.15, -0.1) is 0 Å². The van der Waals surface area contributed by atoms with Crippen molar-refractivity contribution in [2.24, 2.45) is 5.73 Å². The summed E-state index contributed by atoms with van der Waals surface area (Å²) >= 11 is 0. The molecule has 3 N–H and O–H groups in total. The zero-order chi connectivity index (χ0) is 10.8. The molecular formula is C10H11N3O2. The summed E-state index contributed by atoms with van der Waals surface area (Å²) in [6, 6.07) is 4.63. The van der Waals surface area contributed by atoms with E-state index in [0.717, 1.165) is 11.0 Å². The van der Waals surface area contributed by atoms with E-state index in [4.69, 9.17) is 5.73 Å². The first-order valence-electron chi connectivity index (χ1n) is 4.49. The first-order chi connectivity index (χ1) is 7.22. The average molecular weight is 205 g/mol. The molecule has 78 valence electrons. The Kier molecular flexibility index (Phi) is 2.39. The number of esters is 1. The van der Waals surface area contributed by atoms with Gasteiger partial charge < -0.3 is 15.5 Å². The van der Waals surface area contributed by atoms with Crippen LogP contribution in [-0.4, -0.2) is 23.0 Å². The number of H-pyrrole nitrogens is 1. The van der Waals surface area contributed by atoms with E-state index in [9.17, 15) is 4.79 Å². The largest absolute Gasteiger partial charge is 0.468 e. The fraction of sp³-hybridized carbons (Fsp3) is 0.200. The number of benzene rings is 1. The maximum atomic E-state index is 11.2. The maximum absolute atomic E-state index is 11.2. The minimum atomic E-state index is -0.748. The van der Waals surface area contributed by atoms with Crippen LogP contribution < -0.4 is 5.73 Å². The molecule has 1 unspecified atom stereocenters. The fourth-order valence-electron chi connectivity index (χ4n) is 1.41. The molecule has 0 saturated carbocycles. The number of rotatable bonds is 2. The second-order valence-electron chi connectivity index (χ2n) is 3.18. The summed E-state index contributed by atoms with van der Waals surface area (Å²) in [7, 11) is 1.32. The molecule has 2 rings (SSSR count). The Morgan fingerprint density at radius 1 is 1.60 bits per heavy atom. The molecule has 1 aromatic carbocycles. The number of hydrogen-bond donors (Lipinski definition) is 2. The SMILES string of the molecule is COC(=O)C(N)c1ccc2nc[nH]c2c1. The van der Waals surface area contributed by atoms with Gasteiger partial charge in [0.05, 0.1) is 24.5 Å². The van der Waals surface area contributed by atoms with Crippen LogP contribution in [0.25, 0.3) is 11.0 Å². The van der Waals surface area contributed by atoms with Crippen molar-refractivity contribution >= 4 is 17.0 Å². The molecular weight excluding hydrogens is 194 g/mol. The number of nitrogens with two attached hydrogens (primary N) is 1. The molecule has 0 saturated heterocycles. The highest BCUT2D eigenvalue weighted by molar-refractivity contribution is 5.81. The number of fused-ring (bicyclic) bond motifs is 1. The monoisotopic (exact) mass is 205 g/mol. The predicted molar refractivity (Wildman–Crippen MR) is 55.0 cm³/mol. The number of carbonyl (C=O) groups is 1. The van der Waals surface area contributed by atoms with Crippen molar-refractivity contribution in [3.8, 4) is 0 Å². The van der Waals surface area contributed by atoms with Gasteiger partial charge in [-0.3, -0.25) is 4.79 Å². The summed E-state index contributed by atoms with van der Waals surface area (Å²) in [5.41, 5.74) is 8.10.